The van der Waals surface area contributed by atoms with Crippen molar-refractivity contribution in [3.8, 4) is 0 Å². The van der Waals surface area contributed by atoms with Crippen LogP contribution >= 0.6 is 11.3 Å². The number of nitrogens with zero attached hydrogens (tertiary/aromatic N) is 4. The SMILES string of the molecule is O=C(Cn1cc(C2CC2)nn1)N(Cc1cccs1)C[C@H]1CCCO1. The standard InChI is InChI=1S/C17H22N4O2S/c22-17(12-21-11-16(18-19-21)13-5-6-13)20(9-14-3-1-7-23-14)10-15-4-2-8-24-15/h2,4,8,11,13-14H,1,3,5-7,9-10,12H2/t14-/m1/s1. The summed E-state index contributed by atoms with van der Waals surface area (Å²) in [7, 11) is 0. The molecule has 4 rings (SSSR count). The Balaban J connectivity index is 1.42. The Morgan fingerprint density at radius 2 is 2.33 bits per heavy atom. The molecule has 128 valence electrons. The molecular formula is C17H22N4O2S. The summed E-state index contributed by atoms with van der Waals surface area (Å²) >= 11 is 1.68. The lowest BCUT2D eigenvalue weighted by molar-refractivity contribution is -0.134. The van der Waals surface area contributed by atoms with Crippen LogP contribution in [0.2, 0.25) is 0 Å². The number of amides is 1. The van der Waals surface area contributed by atoms with E-state index in [0.29, 0.717) is 19.0 Å². The van der Waals surface area contributed by atoms with Crippen molar-refractivity contribution in [3.05, 3.63) is 34.3 Å². The third kappa shape index (κ3) is 3.84. The van der Waals surface area contributed by atoms with E-state index in [0.717, 1.165) is 25.1 Å². The van der Waals surface area contributed by atoms with Crippen molar-refractivity contribution >= 4 is 17.2 Å². The molecule has 1 atom stereocenters. The van der Waals surface area contributed by atoms with E-state index in [1.165, 1.54) is 17.7 Å². The van der Waals surface area contributed by atoms with E-state index < -0.39 is 0 Å². The van der Waals surface area contributed by atoms with E-state index in [4.69, 9.17) is 4.74 Å². The van der Waals surface area contributed by atoms with Gasteiger partial charge in [-0.3, -0.25) is 4.79 Å². The molecule has 0 spiro atoms. The zero-order valence-electron chi connectivity index (χ0n) is 13.6. The first-order valence-corrected chi connectivity index (χ1v) is 9.47. The average Bonchev–Trinajstić information content (AvgIpc) is 3.01. The molecular weight excluding hydrogens is 324 g/mol. The lowest BCUT2D eigenvalue weighted by Crippen LogP contribution is -2.38. The van der Waals surface area contributed by atoms with Gasteiger partial charge in [-0.25, -0.2) is 4.68 Å². The highest BCUT2D eigenvalue weighted by Gasteiger charge is 2.27. The minimum Gasteiger partial charge on any atom is -0.376 e. The van der Waals surface area contributed by atoms with Crippen LogP contribution in [0.3, 0.4) is 0 Å². The number of thiophene rings is 1. The lowest BCUT2D eigenvalue weighted by Gasteiger charge is -2.25. The first-order chi connectivity index (χ1) is 11.8. The molecule has 0 bridgehead atoms. The van der Waals surface area contributed by atoms with Crippen LogP contribution in [0.25, 0.3) is 0 Å². The van der Waals surface area contributed by atoms with Crippen LogP contribution in [0.1, 0.15) is 42.2 Å². The predicted molar refractivity (Wildman–Crippen MR) is 90.7 cm³/mol. The van der Waals surface area contributed by atoms with E-state index in [-0.39, 0.29) is 18.6 Å². The van der Waals surface area contributed by atoms with Crippen molar-refractivity contribution < 1.29 is 9.53 Å². The first-order valence-electron chi connectivity index (χ1n) is 8.60. The number of ether oxygens (including phenoxy) is 1. The maximum Gasteiger partial charge on any atom is 0.244 e. The summed E-state index contributed by atoms with van der Waals surface area (Å²) in [5.74, 6) is 0.633. The maximum atomic E-state index is 12.8. The maximum absolute atomic E-state index is 12.8. The summed E-state index contributed by atoms with van der Waals surface area (Å²) in [6.07, 6.45) is 6.58. The Labute approximate surface area is 145 Å². The van der Waals surface area contributed by atoms with E-state index in [1.807, 2.05) is 22.5 Å². The van der Waals surface area contributed by atoms with Gasteiger partial charge in [0.1, 0.15) is 6.54 Å². The molecule has 0 unspecified atom stereocenters. The van der Waals surface area contributed by atoms with Crippen molar-refractivity contribution in [3.63, 3.8) is 0 Å². The number of carbonyl (C=O) groups excluding carboxylic acids is 1. The number of rotatable bonds is 7. The summed E-state index contributed by atoms with van der Waals surface area (Å²) in [5, 5.41) is 10.4. The molecule has 2 aromatic rings. The van der Waals surface area contributed by atoms with Crippen LogP contribution in [-0.4, -0.2) is 45.1 Å². The molecule has 24 heavy (non-hydrogen) atoms. The van der Waals surface area contributed by atoms with Crippen LogP contribution in [0.5, 0.6) is 0 Å². The van der Waals surface area contributed by atoms with E-state index in [9.17, 15) is 4.79 Å². The molecule has 2 aromatic heterocycles. The highest BCUT2D eigenvalue weighted by Crippen LogP contribution is 2.38. The van der Waals surface area contributed by atoms with Gasteiger partial charge in [0.05, 0.1) is 18.3 Å². The van der Waals surface area contributed by atoms with Gasteiger partial charge in [0.2, 0.25) is 5.91 Å². The van der Waals surface area contributed by atoms with Crippen LogP contribution in [0, 0.1) is 0 Å². The molecule has 1 amide bonds. The van der Waals surface area contributed by atoms with Gasteiger partial charge in [0.25, 0.3) is 0 Å². The van der Waals surface area contributed by atoms with Crippen molar-refractivity contribution in [1.82, 2.24) is 19.9 Å². The highest BCUT2D eigenvalue weighted by molar-refractivity contribution is 7.09. The second kappa shape index (κ2) is 7.03. The van der Waals surface area contributed by atoms with E-state index in [1.54, 1.807) is 16.0 Å². The van der Waals surface area contributed by atoms with Crippen molar-refractivity contribution in [2.24, 2.45) is 0 Å². The third-order valence-corrected chi connectivity index (χ3v) is 5.44. The molecule has 3 heterocycles. The fourth-order valence-electron chi connectivity index (χ4n) is 3.07. The van der Waals surface area contributed by atoms with Gasteiger partial charge in [-0.2, -0.15) is 0 Å². The Kier molecular flexibility index (Phi) is 4.62. The van der Waals surface area contributed by atoms with Gasteiger partial charge >= 0.3 is 0 Å². The van der Waals surface area contributed by atoms with Gasteiger partial charge in [-0.15, -0.1) is 16.4 Å². The molecule has 6 nitrogen and oxygen atoms in total. The van der Waals surface area contributed by atoms with Crippen LogP contribution < -0.4 is 0 Å². The van der Waals surface area contributed by atoms with Crippen LogP contribution in [-0.2, 0) is 22.6 Å². The van der Waals surface area contributed by atoms with Crippen molar-refractivity contribution in [2.45, 2.75) is 50.8 Å². The minimum absolute atomic E-state index is 0.0751. The summed E-state index contributed by atoms with van der Waals surface area (Å²) in [6.45, 7) is 2.35. The van der Waals surface area contributed by atoms with Crippen LogP contribution in [0.4, 0.5) is 0 Å². The number of hydrogen-bond donors (Lipinski definition) is 0. The Bertz CT molecular complexity index is 675. The molecule has 7 heteroatoms. The van der Waals surface area contributed by atoms with E-state index >= 15 is 0 Å². The molecule has 2 fully saturated rings. The Hall–Kier alpha value is -1.73. The molecule has 1 saturated carbocycles. The summed E-state index contributed by atoms with van der Waals surface area (Å²) in [6, 6.07) is 4.09. The Morgan fingerprint density at radius 1 is 1.42 bits per heavy atom. The molecule has 0 N–H and O–H groups in total. The average molecular weight is 346 g/mol. The summed E-state index contributed by atoms with van der Waals surface area (Å²) in [5.41, 5.74) is 1.02. The molecule has 1 saturated heterocycles. The molecule has 1 aliphatic heterocycles. The highest BCUT2D eigenvalue weighted by atomic mass is 32.1. The second-order valence-electron chi connectivity index (χ2n) is 6.60. The smallest absolute Gasteiger partial charge is 0.244 e. The molecule has 0 aromatic carbocycles. The van der Waals surface area contributed by atoms with Gasteiger partial charge in [-0.05, 0) is 37.1 Å². The van der Waals surface area contributed by atoms with Crippen molar-refractivity contribution in [1.29, 1.82) is 0 Å². The zero-order valence-corrected chi connectivity index (χ0v) is 14.5. The normalized spacial score (nSPS) is 20.4. The predicted octanol–water partition coefficient (Wildman–Crippen LogP) is 2.42. The quantitative estimate of drug-likeness (QED) is 0.772. The van der Waals surface area contributed by atoms with Crippen molar-refractivity contribution in [2.75, 3.05) is 13.2 Å². The molecule has 1 aliphatic carbocycles. The fourth-order valence-corrected chi connectivity index (χ4v) is 3.79. The van der Waals surface area contributed by atoms with E-state index in [2.05, 4.69) is 16.4 Å². The summed E-state index contributed by atoms with van der Waals surface area (Å²) < 4.78 is 7.40. The van der Waals surface area contributed by atoms with Gasteiger partial charge in [0.15, 0.2) is 0 Å². The third-order valence-electron chi connectivity index (χ3n) is 4.58. The fraction of sp³-hybridized carbons (Fsp3) is 0.588. The zero-order chi connectivity index (χ0) is 16.4. The first kappa shape index (κ1) is 15.8. The number of hydrogen-bond acceptors (Lipinski definition) is 5. The number of aromatic nitrogens is 3. The van der Waals surface area contributed by atoms with Gasteiger partial charge < -0.3 is 9.64 Å². The monoisotopic (exact) mass is 346 g/mol. The molecule has 2 aliphatic rings. The number of carbonyl (C=O) groups is 1. The largest absolute Gasteiger partial charge is 0.376 e. The van der Waals surface area contributed by atoms with Crippen LogP contribution in [0.15, 0.2) is 23.7 Å². The molecule has 0 radical (unpaired) electrons. The van der Waals surface area contributed by atoms with Gasteiger partial charge in [-0.1, -0.05) is 11.3 Å². The topological polar surface area (TPSA) is 60.2 Å². The minimum atomic E-state index is 0.0751. The lowest BCUT2D eigenvalue weighted by atomic mass is 10.2. The second-order valence-corrected chi connectivity index (χ2v) is 7.64. The van der Waals surface area contributed by atoms with Gasteiger partial charge in [0, 0.05) is 30.1 Å². The Morgan fingerprint density at radius 3 is 3.04 bits per heavy atom. The summed E-state index contributed by atoms with van der Waals surface area (Å²) in [4.78, 5) is 15.9.